The fraction of sp³-hybridized carbons (Fsp3) is 0.385. The van der Waals surface area contributed by atoms with Crippen molar-refractivity contribution in [3.05, 3.63) is 34.2 Å². The molecule has 106 valence electrons. The van der Waals surface area contributed by atoms with E-state index in [4.69, 9.17) is 0 Å². The van der Waals surface area contributed by atoms with Gasteiger partial charge in [-0.3, -0.25) is 4.79 Å². The smallest absolute Gasteiger partial charge is 0.323 e. The Morgan fingerprint density at radius 1 is 1.30 bits per heavy atom. The van der Waals surface area contributed by atoms with Crippen LogP contribution in [0.2, 0.25) is 0 Å². The Morgan fingerprint density at radius 2 is 2.00 bits per heavy atom. The number of aromatic amines is 2. The van der Waals surface area contributed by atoms with E-state index in [1.165, 1.54) is 17.0 Å². The number of alkyl halides is 2. The van der Waals surface area contributed by atoms with Crippen LogP contribution in [0, 0.1) is 0 Å². The van der Waals surface area contributed by atoms with Crippen molar-refractivity contribution in [1.82, 2.24) is 14.9 Å². The van der Waals surface area contributed by atoms with Gasteiger partial charge in [-0.1, -0.05) is 0 Å². The first-order valence-corrected chi connectivity index (χ1v) is 6.36. The first kappa shape index (κ1) is 12.8. The summed E-state index contributed by atoms with van der Waals surface area (Å²) in [7, 11) is 0. The van der Waals surface area contributed by atoms with E-state index in [0.717, 1.165) is 12.8 Å². The molecule has 1 amide bonds. The van der Waals surface area contributed by atoms with Crippen LogP contribution in [-0.4, -0.2) is 39.8 Å². The van der Waals surface area contributed by atoms with Gasteiger partial charge in [0.2, 0.25) is 0 Å². The maximum Gasteiger partial charge on any atom is 0.323 e. The zero-order valence-corrected chi connectivity index (χ0v) is 10.5. The lowest BCUT2D eigenvalue weighted by atomic mass is 10.1. The van der Waals surface area contributed by atoms with E-state index < -0.39 is 18.9 Å². The molecule has 1 fully saturated rings. The van der Waals surface area contributed by atoms with E-state index in [2.05, 4.69) is 9.97 Å². The zero-order valence-electron chi connectivity index (χ0n) is 10.5. The molecule has 0 saturated heterocycles. The van der Waals surface area contributed by atoms with E-state index in [1.54, 1.807) is 6.07 Å². The topological polar surface area (TPSA) is 69.0 Å². The van der Waals surface area contributed by atoms with E-state index in [0.29, 0.717) is 16.6 Å². The quantitative estimate of drug-likeness (QED) is 0.896. The minimum absolute atomic E-state index is 0.0857. The van der Waals surface area contributed by atoms with Gasteiger partial charge >= 0.3 is 5.69 Å². The normalized spacial score (nSPS) is 14.9. The molecule has 0 unspecified atom stereocenters. The molecule has 5 nitrogen and oxygen atoms in total. The minimum Gasteiger partial charge on any atom is -0.330 e. The van der Waals surface area contributed by atoms with Crippen LogP contribution in [0.4, 0.5) is 8.78 Å². The fourth-order valence-electron chi connectivity index (χ4n) is 2.26. The van der Waals surface area contributed by atoms with Gasteiger partial charge in [0.15, 0.2) is 0 Å². The molecule has 0 radical (unpaired) electrons. The Kier molecular flexibility index (Phi) is 3.04. The highest BCUT2D eigenvalue weighted by molar-refractivity contribution is 5.97. The molecule has 0 spiro atoms. The van der Waals surface area contributed by atoms with Crippen LogP contribution in [-0.2, 0) is 0 Å². The standard InChI is InChI=1S/C13H13F2N3O2/c14-11(15)6-18(8-2-3-8)12(19)7-1-4-9-10(5-7)17-13(20)16-9/h1,4-5,8,11H,2-3,6H2,(H2,16,17,20). The predicted molar refractivity (Wildman–Crippen MR) is 69.0 cm³/mol. The highest BCUT2D eigenvalue weighted by atomic mass is 19.3. The maximum absolute atomic E-state index is 12.6. The second-order valence-electron chi connectivity index (χ2n) is 4.92. The van der Waals surface area contributed by atoms with Crippen molar-refractivity contribution in [2.75, 3.05) is 6.54 Å². The number of halogens is 2. The van der Waals surface area contributed by atoms with E-state index >= 15 is 0 Å². The van der Waals surface area contributed by atoms with E-state index in [-0.39, 0.29) is 11.7 Å². The van der Waals surface area contributed by atoms with Crippen LogP contribution >= 0.6 is 0 Å². The van der Waals surface area contributed by atoms with E-state index in [1.807, 2.05) is 0 Å². The van der Waals surface area contributed by atoms with Gasteiger partial charge in [0.05, 0.1) is 17.6 Å². The van der Waals surface area contributed by atoms with Crippen molar-refractivity contribution in [2.45, 2.75) is 25.3 Å². The summed E-state index contributed by atoms with van der Waals surface area (Å²) in [5.74, 6) is -0.420. The van der Waals surface area contributed by atoms with Gasteiger partial charge in [-0.2, -0.15) is 0 Å². The number of nitrogens with zero attached hydrogens (tertiary/aromatic N) is 1. The Hall–Kier alpha value is -2.18. The number of rotatable bonds is 4. The Bertz CT molecular complexity index is 703. The lowest BCUT2D eigenvalue weighted by molar-refractivity contribution is 0.0534. The third kappa shape index (κ3) is 2.43. The van der Waals surface area contributed by atoms with Crippen LogP contribution in [0.5, 0.6) is 0 Å². The van der Waals surface area contributed by atoms with E-state index in [9.17, 15) is 18.4 Å². The Balaban J connectivity index is 1.91. The average molecular weight is 281 g/mol. The summed E-state index contributed by atoms with van der Waals surface area (Å²) in [6, 6.07) is 4.55. The molecule has 0 bridgehead atoms. The average Bonchev–Trinajstić information content (AvgIpc) is 3.15. The van der Waals surface area contributed by atoms with Gasteiger partial charge in [0.25, 0.3) is 12.3 Å². The van der Waals surface area contributed by atoms with Gasteiger partial charge in [-0.15, -0.1) is 0 Å². The Morgan fingerprint density at radius 3 is 2.65 bits per heavy atom. The molecule has 1 aromatic heterocycles. The molecule has 2 aromatic rings. The van der Waals surface area contributed by atoms with Crippen LogP contribution in [0.3, 0.4) is 0 Å². The van der Waals surface area contributed by atoms with Gasteiger partial charge < -0.3 is 14.9 Å². The van der Waals surface area contributed by atoms with Crippen molar-refractivity contribution >= 4 is 16.9 Å². The molecule has 1 saturated carbocycles. The number of hydrogen-bond donors (Lipinski definition) is 2. The summed E-state index contributed by atoms with van der Waals surface area (Å²) >= 11 is 0. The SMILES string of the molecule is O=C(c1ccc2[nH]c(=O)[nH]c2c1)N(CC(F)F)C1CC1. The molecule has 1 aromatic carbocycles. The highest BCUT2D eigenvalue weighted by Crippen LogP contribution is 2.29. The number of amides is 1. The molecule has 1 heterocycles. The highest BCUT2D eigenvalue weighted by Gasteiger charge is 2.34. The summed E-state index contributed by atoms with van der Waals surface area (Å²) in [6.45, 7) is -0.550. The van der Waals surface area contributed by atoms with Crippen molar-refractivity contribution in [3.8, 4) is 0 Å². The zero-order chi connectivity index (χ0) is 14.3. The van der Waals surface area contributed by atoms with Crippen molar-refractivity contribution < 1.29 is 13.6 Å². The second kappa shape index (κ2) is 4.73. The summed E-state index contributed by atoms with van der Waals surface area (Å²) in [6.07, 6.45) is -1.01. The van der Waals surface area contributed by atoms with Crippen molar-refractivity contribution in [1.29, 1.82) is 0 Å². The molecular weight excluding hydrogens is 268 g/mol. The summed E-state index contributed by atoms with van der Waals surface area (Å²) in [4.78, 5) is 29.8. The number of carbonyl (C=O) groups is 1. The number of imidazole rings is 1. The molecular formula is C13H13F2N3O2. The number of H-pyrrole nitrogens is 2. The molecule has 0 aliphatic heterocycles. The number of fused-ring (bicyclic) bond motifs is 1. The molecule has 3 rings (SSSR count). The Labute approximate surface area is 112 Å². The first-order chi connectivity index (χ1) is 9.54. The molecule has 1 aliphatic rings. The maximum atomic E-state index is 12.6. The number of carbonyl (C=O) groups excluding carboxylic acids is 1. The van der Waals surface area contributed by atoms with Crippen LogP contribution in [0.15, 0.2) is 23.0 Å². The van der Waals surface area contributed by atoms with Gasteiger partial charge in [-0.25, -0.2) is 13.6 Å². The third-order valence-corrected chi connectivity index (χ3v) is 3.35. The lowest BCUT2D eigenvalue weighted by Gasteiger charge is -2.22. The summed E-state index contributed by atoms with van der Waals surface area (Å²) in [5, 5.41) is 0. The van der Waals surface area contributed by atoms with Gasteiger partial charge in [0.1, 0.15) is 0 Å². The molecule has 20 heavy (non-hydrogen) atoms. The number of nitrogens with one attached hydrogen (secondary N) is 2. The molecule has 1 aliphatic carbocycles. The van der Waals surface area contributed by atoms with Crippen LogP contribution in [0.1, 0.15) is 23.2 Å². The van der Waals surface area contributed by atoms with Crippen molar-refractivity contribution in [3.63, 3.8) is 0 Å². The fourth-order valence-corrected chi connectivity index (χ4v) is 2.26. The number of hydrogen-bond acceptors (Lipinski definition) is 2. The second-order valence-corrected chi connectivity index (χ2v) is 4.92. The first-order valence-electron chi connectivity index (χ1n) is 6.36. The lowest BCUT2D eigenvalue weighted by Crippen LogP contribution is -2.36. The number of benzene rings is 1. The predicted octanol–water partition coefficient (Wildman–Crippen LogP) is 1.73. The van der Waals surface area contributed by atoms with Gasteiger partial charge in [-0.05, 0) is 31.0 Å². The van der Waals surface area contributed by atoms with Crippen LogP contribution in [0.25, 0.3) is 11.0 Å². The summed E-state index contributed by atoms with van der Waals surface area (Å²) < 4.78 is 25.1. The monoisotopic (exact) mass is 281 g/mol. The van der Waals surface area contributed by atoms with Crippen LogP contribution < -0.4 is 5.69 Å². The molecule has 2 N–H and O–H groups in total. The largest absolute Gasteiger partial charge is 0.330 e. The summed E-state index contributed by atoms with van der Waals surface area (Å²) in [5.41, 5.74) is 1.02. The minimum atomic E-state index is -2.55. The number of aromatic nitrogens is 2. The molecule has 0 atom stereocenters. The van der Waals surface area contributed by atoms with Crippen molar-refractivity contribution in [2.24, 2.45) is 0 Å². The van der Waals surface area contributed by atoms with Gasteiger partial charge in [0, 0.05) is 11.6 Å². The molecule has 7 heteroatoms. The third-order valence-electron chi connectivity index (χ3n) is 3.35.